The molecule has 1 amide bonds. The van der Waals surface area contributed by atoms with Crippen molar-refractivity contribution >= 4 is 17.5 Å². The molecule has 152 valence electrons. The van der Waals surface area contributed by atoms with Crippen LogP contribution in [0.2, 0.25) is 5.02 Å². The van der Waals surface area contributed by atoms with E-state index in [1.54, 1.807) is 0 Å². The summed E-state index contributed by atoms with van der Waals surface area (Å²) in [6, 6.07) is 17.4. The molecule has 0 spiro atoms. The van der Waals surface area contributed by atoms with E-state index in [4.69, 9.17) is 16.0 Å². The minimum Gasteiger partial charge on any atom is -0.444 e. The SMILES string of the molecule is CCN(CC)[C@H](CNC(=O)Cc1coc(-c2ccccc2)n1)c1ccccc1Cl. The van der Waals surface area contributed by atoms with E-state index >= 15 is 0 Å². The zero-order valence-corrected chi connectivity index (χ0v) is 17.5. The predicted octanol–water partition coefficient (Wildman–Crippen LogP) is 4.74. The monoisotopic (exact) mass is 411 g/mol. The van der Waals surface area contributed by atoms with Gasteiger partial charge in [-0.15, -0.1) is 0 Å². The van der Waals surface area contributed by atoms with Crippen molar-refractivity contribution < 1.29 is 9.21 Å². The quantitative estimate of drug-likeness (QED) is 0.552. The van der Waals surface area contributed by atoms with Crippen LogP contribution < -0.4 is 5.32 Å². The summed E-state index contributed by atoms with van der Waals surface area (Å²) in [5.74, 6) is 0.424. The van der Waals surface area contributed by atoms with E-state index in [-0.39, 0.29) is 18.4 Å². The van der Waals surface area contributed by atoms with Gasteiger partial charge in [0.15, 0.2) is 0 Å². The van der Waals surface area contributed by atoms with Crippen molar-refractivity contribution in [1.29, 1.82) is 0 Å². The number of nitrogens with zero attached hydrogens (tertiary/aromatic N) is 2. The minimum atomic E-state index is -0.0953. The third kappa shape index (κ3) is 5.46. The van der Waals surface area contributed by atoms with Gasteiger partial charge in [0, 0.05) is 17.1 Å². The number of hydrogen-bond donors (Lipinski definition) is 1. The lowest BCUT2D eigenvalue weighted by molar-refractivity contribution is -0.120. The number of carbonyl (C=O) groups excluding carboxylic acids is 1. The molecule has 0 fully saturated rings. The number of halogens is 1. The molecule has 0 saturated carbocycles. The van der Waals surface area contributed by atoms with E-state index in [9.17, 15) is 4.79 Å². The molecule has 0 unspecified atom stereocenters. The van der Waals surface area contributed by atoms with E-state index < -0.39 is 0 Å². The summed E-state index contributed by atoms with van der Waals surface area (Å²) >= 11 is 6.42. The highest BCUT2D eigenvalue weighted by molar-refractivity contribution is 6.31. The lowest BCUT2D eigenvalue weighted by Gasteiger charge is -2.30. The second-order valence-corrected chi connectivity index (χ2v) is 7.16. The van der Waals surface area contributed by atoms with Crippen molar-refractivity contribution in [2.24, 2.45) is 0 Å². The van der Waals surface area contributed by atoms with Crippen molar-refractivity contribution in [2.45, 2.75) is 26.3 Å². The summed E-state index contributed by atoms with van der Waals surface area (Å²) in [5, 5.41) is 3.74. The summed E-state index contributed by atoms with van der Waals surface area (Å²) < 4.78 is 5.52. The summed E-state index contributed by atoms with van der Waals surface area (Å²) in [6.45, 7) is 6.43. The summed E-state index contributed by atoms with van der Waals surface area (Å²) in [6.07, 6.45) is 1.71. The Morgan fingerprint density at radius 3 is 2.48 bits per heavy atom. The largest absolute Gasteiger partial charge is 0.444 e. The maximum Gasteiger partial charge on any atom is 0.226 e. The highest BCUT2D eigenvalue weighted by atomic mass is 35.5. The normalized spacial score (nSPS) is 12.1. The summed E-state index contributed by atoms with van der Waals surface area (Å²) in [4.78, 5) is 19.2. The Morgan fingerprint density at radius 1 is 1.10 bits per heavy atom. The van der Waals surface area contributed by atoms with Gasteiger partial charge in [0.05, 0.1) is 18.2 Å². The number of hydrogen-bond acceptors (Lipinski definition) is 4. The second-order valence-electron chi connectivity index (χ2n) is 6.75. The van der Waals surface area contributed by atoms with Gasteiger partial charge in [0.2, 0.25) is 11.8 Å². The highest BCUT2D eigenvalue weighted by Gasteiger charge is 2.21. The maximum atomic E-state index is 12.5. The topological polar surface area (TPSA) is 58.4 Å². The Labute approximate surface area is 176 Å². The Hall–Kier alpha value is -2.63. The fourth-order valence-electron chi connectivity index (χ4n) is 3.38. The fraction of sp³-hybridized carbons (Fsp3) is 0.304. The van der Waals surface area contributed by atoms with Crippen molar-refractivity contribution in [3.63, 3.8) is 0 Å². The number of benzene rings is 2. The molecule has 0 aliphatic carbocycles. The van der Waals surface area contributed by atoms with Crippen LogP contribution in [-0.2, 0) is 11.2 Å². The number of amides is 1. The van der Waals surface area contributed by atoms with Crippen LogP contribution in [0.25, 0.3) is 11.5 Å². The van der Waals surface area contributed by atoms with Gasteiger partial charge in [-0.1, -0.05) is 61.8 Å². The van der Waals surface area contributed by atoms with Crippen molar-refractivity contribution in [3.8, 4) is 11.5 Å². The molecule has 0 saturated heterocycles. The number of likely N-dealkylation sites (N-methyl/N-ethyl adjacent to an activating group) is 1. The summed E-state index contributed by atoms with van der Waals surface area (Å²) in [7, 11) is 0. The average Bonchev–Trinajstić information content (AvgIpc) is 3.21. The van der Waals surface area contributed by atoms with E-state index in [1.165, 1.54) is 6.26 Å². The molecule has 2 aromatic carbocycles. The van der Waals surface area contributed by atoms with E-state index in [1.807, 2.05) is 54.6 Å². The molecular formula is C23H26ClN3O2. The van der Waals surface area contributed by atoms with Crippen LogP contribution in [0.15, 0.2) is 65.3 Å². The average molecular weight is 412 g/mol. The Kier molecular flexibility index (Phi) is 7.44. The number of aromatic nitrogens is 1. The molecule has 0 aliphatic heterocycles. The molecular weight excluding hydrogens is 386 g/mol. The minimum absolute atomic E-state index is 0.0137. The first kappa shape index (κ1) is 21.1. The zero-order valence-electron chi connectivity index (χ0n) is 16.8. The van der Waals surface area contributed by atoms with Gasteiger partial charge in [-0.2, -0.15) is 0 Å². The predicted molar refractivity (Wildman–Crippen MR) is 116 cm³/mol. The number of oxazole rings is 1. The van der Waals surface area contributed by atoms with Crippen LogP contribution in [0.3, 0.4) is 0 Å². The van der Waals surface area contributed by atoms with Crippen LogP contribution in [0.5, 0.6) is 0 Å². The number of carbonyl (C=O) groups is 1. The Morgan fingerprint density at radius 2 is 1.79 bits per heavy atom. The van der Waals surface area contributed by atoms with Gasteiger partial charge < -0.3 is 9.73 Å². The molecule has 1 aromatic heterocycles. The van der Waals surface area contributed by atoms with Crippen LogP contribution in [-0.4, -0.2) is 35.4 Å². The standard InChI is InChI=1S/C23H26ClN3O2/c1-3-27(4-2)21(19-12-8-9-13-20(19)24)15-25-22(28)14-18-16-29-23(26-18)17-10-6-5-7-11-17/h5-13,16,21H,3-4,14-15H2,1-2H3,(H,25,28)/t21-/m1/s1. The lowest BCUT2D eigenvalue weighted by Crippen LogP contribution is -2.38. The molecule has 3 rings (SSSR count). The second kappa shape index (κ2) is 10.2. The molecule has 0 aliphatic rings. The Bertz CT molecular complexity index is 923. The molecule has 1 N–H and O–H groups in total. The van der Waals surface area contributed by atoms with Gasteiger partial charge in [-0.05, 0) is 36.9 Å². The molecule has 5 nitrogen and oxygen atoms in total. The number of rotatable bonds is 9. The first-order chi connectivity index (χ1) is 14.1. The molecule has 1 heterocycles. The van der Waals surface area contributed by atoms with E-state index in [0.717, 1.165) is 24.2 Å². The van der Waals surface area contributed by atoms with Crippen molar-refractivity contribution in [1.82, 2.24) is 15.2 Å². The van der Waals surface area contributed by atoms with Crippen LogP contribution in [0, 0.1) is 0 Å². The van der Waals surface area contributed by atoms with Gasteiger partial charge in [-0.3, -0.25) is 9.69 Å². The Balaban J connectivity index is 1.65. The van der Waals surface area contributed by atoms with Gasteiger partial charge in [0.1, 0.15) is 6.26 Å². The van der Waals surface area contributed by atoms with E-state index in [0.29, 0.717) is 23.2 Å². The van der Waals surface area contributed by atoms with Crippen LogP contribution >= 0.6 is 11.6 Å². The van der Waals surface area contributed by atoms with Crippen LogP contribution in [0.4, 0.5) is 0 Å². The van der Waals surface area contributed by atoms with Gasteiger partial charge in [-0.25, -0.2) is 4.98 Å². The van der Waals surface area contributed by atoms with Crippen LogP contribution in [0.1, 0.15) is 31.1 Å². The maximum absolute atomic E-state index is 12.5. The molecule has 3 aromatic rings. The number of nitrogens with one attached hydrogen (secondary N) is 1. The molecule has 1 atom stereocenters. The third-order valence-electron chi connectivity index (χ3n) is 4.92. The molecule has 0 radical (unpaired) electrons. The smallest absolute Gasteiger partial charge is 0.226 e. The van der Waals surface area contributed by atoms with Crippen molar-refractivity contribution in [3.05, 3.63) is 77.1 Å². The summed E-state index contributed by atoms with van der Waals surface area (Å²) in [5.41, 5.74) is 2.52. The van der Waals surface area contributed by atoms with Gasteiger partial charge in [0.25, 0.3) is 0 Å². The fourth-order valence-corrected chi connectivity index (χ4v) is 3.65. The highest BCUT2D eigenvalue weighted by Crippen LogP contribution is 2.27. The molecule has 29 heavy (non-hydrogen) atoms. The van der Waals surface area contributed by atoms with Crippen molar-refractivity contribution in [2.75, 3.05) is 19.6 Å². The van der Waals surface area contributed by atoms with Gasteiger partial charge >= 0.3 is 0 Å². The third-order valence-corrected chi connectivity index (χ3v) is 5.27. The lowest BCUT2D eigenvalue weighted by atomic mass is 10.0. The zero-order chi connectivity index (χ0) is 20.6. The van der Waals surface area contributed by atoms with E-state index in [2.05, 4.69) is 29.0 Å². The molecule has 0 bridgehead atoms. The first-order valence-electron chi connectivity index (χ1n) is 9.87. The molecule has 6 heteroatoms. The first-order valence-corrected chi connectivity index (χ1v) is 10.2.